The first kappa shape index (κ1) is 18.9. The van der Waals surface area contributed by atoms with E-state index in [0.29, 0.717) is 5.91 Å². The van der Waals surface area contributed by atoms with Crippen LogP contribution < -0.4 is 0 Å². The molecular weight excluding hydrogens is 340 g/mol. The third kappa shape index (κ3) is 3.66. The highest BCUT2D eigenvalue weighted by molar-refractivity contribution is 5.80. The summed E-state index contributed by atoms with van der Waals surface area (Å²) >= 11 is 0. The fraction of sp³-hybridized carbons (Fsp3) is 0.810. The zero-order chi connectivity index (χ0) is 19.0. The molecule has 1 amide bonds. The zero-order valence-electron chi connectivity index (χ0n) is 17.1. The molecule has 6 nitrogen and oxygen atoms in total. The summed E-state index contributed by atoms with van der Waals surface area (Å²) in [7, 11) is 2.03. The van der Waals surface area contributed by atoms with Gasteiger partial charge in [0.2, 0.25) is 5.91 Å². The Kier molecular flexibility index (Phi) is 5.30. The van der Waals surface area contributed by atoms with Crippen molar-refractivity contribution >= 4 is 5.91 Å². The number of likely N-dealkylation sites (tertiary alicyclic amines) is 2. The fourth-order valence-electron chi connectivity index (χ4n) is 5.49. The van der Waals surface area contributed by atoms with Gasteiger partial charge in [0.05, 0.1) is 23.4 Å². The van der Waals surface area contributed by atoms with Crippen LogP contribution >= 0.6 is 0 Å². The van der Waals surface area contributed by atoms with Crippen molar-refractivity contribution in [1.82, 2.24) is 19.6 Å². The van der Waals surface area contributed by atoms with E-state index in [1.54, 1.807) is 0 Å². The number of rotatable bonds is 3. The van der Waals surface area contributed by atoms with Crippen LogP contribution in [0, 0.1) is 12.8 Å². The van der Waals surface area contributed by atoms with Gasteiger partial charge in [-0.25, -0.2) is 0 Å². The van der Waals surface area contributed by atoms with Gasteiger partial charge in [0.1, 0.15) is 0 Å². The molecule has 4 rings (SSSR count). The number of carbonyl (C=O) groups is 1. The van der Waals surface area contributed by atoms with Crippen LogP contribution in [0.1, 0.15) is 56.8 Å². The average molecular weight is 375 g/mol. The zero-order valence-corrected chi connectivity index (χ0v) is 17.1. The summed E-state index contributed by atoms with van der Waals surface area (Å²) in [5.74, 6) is 0.421. The van der Waals surface area contributed by atoms with Gasteiger partial charge < -0.3 is 9.64 Å². The second-order valence-electron chi connectivity index (χ2n) is 8.82. The van der Waals surface area contributed by atoms with Crippen LogP contribution in [-0.2, 0) is 23.1 Å². The summed E-state index contributed by atoms with van der Waals surface area (Å²) in [5.41, 5.74) is 2.44. The number of hydrogen-bond acceptors (Lipinski definition) is 4. The lowest BCUT2D eigenvalue weighted by Gasteiger charge is -2.40. The Morgan fingerprint density at radius 3 is 2.70 bits per heavy atom. The molecule has 1 spiro atoms. The van der Waals surface area contributed by atoms with E-state index in [1.165, 1.54) is 12.1 Å². The van der Waals surface area contributed by atoms with E-state index in [-0.39, 0.29) is 17.6 Å². The molecular formula is C21H34N4O2. The van der Waals surface area contributed by atoms with Crippen LogP contribution in [0.3, 0.4) is 0 Å². The maximum absolute atomic E-state index is 13.3. The van der Waals surface area contributed by atoms with Crippen molar-refractivity contribution in [2.45, 2.75) is 70.6 Å². The fourth-order valence-corrected chi connectivity index (χ4v) is 5.49. The van der Waals surface area contributed by atoms with E-state index in [1.807, 2.05) is 11.7 Å². The molecule has 3 saturated heterocycles. The van der Waals surface area contributed by atoms with E-state index < -0.39 is 0 Å². The van der Waals surface area contributed by atoms with Crippen molar-refractivity contribution in [1.29, 1.82) is 0 Å². The lowest BCUT2D eigenvalue weighted by molar-refractivity contribution is -0.141. The molecule has 0 saturated carbocycles. The summed E-state index contributed by atoms with van der Waals surface area (Å²) in [6, 6.07) is 2.19. The van der Waals surface area contributed by atoms with Crippen LogP contribution in [0.25, 0.3) is 0 Å². The Morgan fingerprint density at radius 1 is 1.26 bits per heavy atom. The SMILES string of the molecule is Cc1cc(CN2CCCC3(CCCN3C(=O)[C@H]3CCO[C@H]3C)CC2)n(C)n1. The quantitative estimate of drug-likeness (QED) is 0.816. The Balaban J connectivity index is 1.44. The van der Waals surface area contributed by atoms with Gasteiger partial charge in [-0.2, -0.15) is 5.10 Å². The minimum atomic E-state index is 0.0664. The van der Waals surface area contributed by atoms with Crippen molar-refractivity contribution in [2.24, 2.45) is 13.0 Å². The maximum Gasteiger partial charge on any atom is 0.228 e. The van der Waals surface area contributed by atoms with Gasteiger partial charge in [-0.05, 0) is 65.0 Å². The molecule has 0 radical (unpaired) electrons. The second kappa shape index (κ2) is 7.55. The molecule has 27 heavy (non-hydrogen) atoms. The van der Waals surface area contributed by atoms with Crippen LogP contribution in [0.4, 0.5) is 0 Å². The van der Waals surface area contributed by atoms with Crippen LogP contribution in [0.5, 0.6) is 0 Å². The average Bonchev–Trinajstić information content (AvgIpc) is 3.27. The standard InChI is InChI=1S/C21H34N4O2/c1-16-14-18(23(3)22-16)15-24-10-4-7-21(9-12-24)8-5-11-25(21)20(26)19-6-13-27-17(19)2/h14,17,19H,4-13,15H2,1-3H3/t17-,19-,21?/m0/s1. The predicted molar refractivity (Wildman–Crippen MR) is 104 cm³/mol. The Hall–Kier alpha value is -1.40. The lowest BCUT2D eigenvalue weighted by atomic mass is 9.86. The Bertz CT molecular complexity index is 688. The van der Waals surface area contributed by atoms with Gasteiger partial charge in [-0.15, -0.1) is 0 Å². The van der Waals surface area contributed by atoms with Crippen LogP contribution in [0.15, 0.2) is 6.07 Å². The summed E-state index contributed by atoms with van der Waals surface area (Å²) in [4.78, 5) is 18.1. The number of ether oxygens (including phenoxy) is 1. The molecule has 1 aromatic rings. The molecule has 0 bridgehead atoms. The second-order valence-corrected chi connectivity index (χ2v) is 8.82. The minimum Gasteiger partial charge on any atom is -0.378 e. The van der Waals surface area contributed by atoms with Gasteiger partial charge in [0.25, 0.3) is 0 Å². The monoisotopic (exact) mass is 374 g/mol. The van der Waals surface area contributed by atoms with E-state index in [4.69, 9.17) is 4.74 Å². The van der Waals surface area contributed by atoms with E-state index in [2.05, 4.69) is 34.8 Å². The van der Waals surface area contributed by atoms with Gasteiger partial charge >= 0.3 is 0 Å². The van der Waals surface area contributed by atoms with Crippen LogP contribution in [-0.4, -0.2) is 63.4 Å². The first-order chi connectivity index (χ1) is 13.0. The molecule has 3 aliphatic rings. The molecule has 0 aliphatic carbocycles. The number of carbonyl (C=O) groups excluding carboxylic acids is 1. The molecule has 3 atom stereocenters. The summed E-state index contributed by atoms with van der Waals surface area (Å²) < 4.78 is 7.68. The van der Waals surface area contributed by atoms with Crippen molar-refractivity contribution in [3.8, 4) is 0 Å². The first-order valence-electron chi connectivity index (χ1n) is 10.6. The van der Waals surface area contributed by atoms with Crippen LogP contribution in [0.2, 0.25) is 0 Å². The van der Waals surface area contributed by atoms with Crippen molar-refractivity contribution in [3.05, 3.63) is 17.5 Å². The highest BCUT2D eigenvalue weighted by atomic mass is 16.5. The van der Waals surface area contributed by atoms with E-state index in [0.717, 1.165) is 70.6 Å². The highest BCUT2D eigenvalue weighted by Crippen LogP contribution is 2.40. The minimum absolute atomic E-state index is 0.0664. The van der Waals surface area contributed by atoms with E-state index in [9.17, 15) is 4.79 Å². The molecule has 3 aliphatic heterocycles. The van der Waals surface area contributed by atoms with Gasteiger partial charge in [0, 0.05) is 38.8 Å². The predicted octanol–water partition coefficient (Wildman–Crippen LogP) is 2.50. The van der Waals surface area contributed by atoms with Gasteiger partial charge in [0.15, 0.2) is 0 Å². The molecule has 4 heterocycles. The number of aromatic nitrogens is 2. The van der Waals surface area contributed by atoms with Crippen molar-refractivity contribution < 1.29 is 9.53 Å². The number of amides is 1. The third-order valence-corrected chi connectivity index (χ3v) is 7.05. The van der Waals surface area contributed by atoms with Crippen molar-refractivity contribution in [3.63, 3.8) is 0 Å². The maximum atomic E-state index is 13.3. The Morgan fingerprint density at radius 2 is 2.04 bits per heavy atom. The van der Waals surface area contributed by atoms with E-state index >= 15 is 0 Å². The molecule has 1 aromatic heterocycles. The number of nitrogens with zero attached hydrogens (tertiary/aromatic N) is 4. The van der Waals surface area contributed by atoms with Gasteiger partial charge in [-0.3, -0.25) is 14.4 Å². The number of aryl methyl sites for hydroxylation is 2. The first-order valence-corrected chi connectivity index (χ1v) is 10.6. The molecule has 1 unspecified atom stereocenters. The number of hydrogen-bond donors (Lipinski definition) is 0. The molecule has 6 heteroatoms. The highest BCUT2D eigenvalue weighted by Gasteiger charge is 2.47. The lowest BCUT2D eigenvalue weighted by Crippen LogP contribution is -2.51. The van der Waals surface area contributed by atoms with Gasteiger partial charge in [-0.1, -0.05) is 0 Å². The topological polar surface area (TPSA) is 50.6 Å². The van der Waals surface area contributed by atoms with Crippen molar-refractivity contribution in [2.75, 3.05) is 26.2 Å². The smallest absolute Gasteiger partial charge is 0.228 e. The molecule has 0 aromatic carbocycles. The largest absolute Gasteiger partial charge is 0.378 e. The molecule has 3 fully saturated rings. The molecule has 150 valence electrons. The summed E-state index contributed by atoms with van der Waals surface area (Å²) in [6.07, 6.45) is 6.67. The normalized spacial score (nSPS) is 32.3. The molecule has 0 N–H and O–H groups in total. The summed E-state index contributed by atoms with van der Waals surface area (Å²) in [6.45, 7) is 8.90. The summed E-state index contributed by atoms with van der Waals surface area (Å²) in [5, 5.41) is 4.48. The third-order valence-electron chi connectivity index (χ3n) is 7.05. The Labute approximate surface area is 162 Å².